The van der Waals surface area contributed by atoms with E-state index in [1.165, 1.54) is 20.0 Å². The second kappa shape index (κ2) is 7.29. The molecule has 0 fully saturated rings. The highest BCUT2D eigenvalue weighted by atomic mass is 28.4. The van der Waals surface area contributed by atoms with Crippen LogP contribution >= 0.6 is 0 Å². The summed E-state index contributed by atoms with van der Waals surface area (Å²) in [5.74, 6) is -0.178. The van der Waals surface area contributed by atoms with Crippen LogP contribution in [0.1, 0.15) is 46.5 Å². The lowest BCUT2D eigenvalue weighted by atomic mass is 9.84. The van der Waals surface area contributed by atoms with Gasteiger partial charge in [-0.25, -0.2) is 0 Å². The molecule has 0 aliphatic carbocycles. The zero-order valence-corrected chi connectivity index (χ0v) is 14.1. The number of ether oxygens (including phenoxy) is 1. The van der Waals surface area contributed by atoms with E-state index in [0.29, 0.717) is 0 Å². The van der Waals surface area contributed by atoms with Gasteiger partial charge in [-0.1, -0.05) is 26.2 Å². The molecule has 1 atom stereocenters. The van der Waals surface area contributed by atoms with Gasteiger partial charge in [-0.3, -0.25) is 4.79 Å². The van der Waals surface area contributed by atoms with Crippen molar-refractivity contribution in [1.29, 1.82) is 0 Å². The number of carbonyl (C=O) groups excluding carboxylic acids is 1. The summed E-state index contributed by atoms with van der Waals surface area (Å²) in [7, 11) is -0.211. The summed E-state index contributed by atoms with van der Waals surface area (Å²) in [5.41, 5.74) is -0.567. The van der Waals surface area contributed by atoms with Crippen LogP contribution in [0.15, 0.2) is 0 Å². The Morgan fingerprint density at radius 2 is 1.78 bits per heavy atom. The smallest absolute Gasteiger partial charge is 0.313 e. The quantitative estimate of drug-likeness (QED) is 0.381. The number of hydrogen-bond acceptors (Lipinski definition) is 3. The van der Waals surface area contributed by atoms with Crippen LogP contribution in [-0.4, -0.2) is 27.5 Å². The van der Waals surface area contributed by atoms with E-state index in [1.807, 2.05) is 13.8 Å². The summed E-state index contributed by atoms with van der Waals surface area (Å²) in [6, 6.07) is 0. The molecule has 4 heteroatoms. The predicted molar refractivity (Wildman–Crippen MR) is 78.2 cm³/mol. The Balaban J connectivity index is 4.78. The summed E-state index contributed by atoms with van der Waals surface area (Å²) in [5, 5.41) is 0. The Bertz CT molecular complexity index is 256. The normalized spacial score (nSPS) is 14.4. The molecule has 1 unspecified atom stereocenters. The van der Waals surface area contributed by atoms with Crippen LogP contribution in [0.25, 0.3) is 0 Å². The Labute approximate surface area is 113 Å². The third kappa shape index (κ3) is 6.00. The van der Waals surface area contributed by atoms with Gasteiger partial charge < -0.3 is 9.16 Å². The van der Waals surface area contributed by atoms with E-state index in [4.69, 9.17) is 9.16 Å². The van der Waals surface area contributed by atoms with Crippen molar-refractivity contribution in [3.8, 4) is 0 Å². The molecule has 0 aromatic heterocycles. The molecule has 0 N–H and O–H groups in total. The molecule has 3 nitrogen and oxygen atoms in total. The molecular formula is C14H30O3Si. The maximum Gasteiger partial charge on any atom is 0.313 e. The number of rotatable bonds is 8. The Morgan fingerprint density at radius 1 is 1.22 bits per heavy atom. The summed E-state index contributed by atoms with van der Waals surface area (Å²) in [6.45, 7) is 12.5. The maximum atomic E-state index is 11.9. The monoisotopic (exact) mass is 274 g/mol. The first-order chi connectivity index (χ1) is 8.15. The zero-order valence-electron chi connectivity index (χ0n) is 13.1. The molecule has 0 aliphatic rings. The topological polar surface area (TPSA) is 35.5 Å². The average Bonchev–Trinajstić information content (AvgIpc) is 2.25. The number of esters is 1. The van der Waals surface area contributed by atoms with Crippen LogP contribution in [-0.2, 0) is 14.0 Å². The van der Waals surface area contributed by atoms with Gasteiger partial charge in [-0.2, -0.15) is 0 Å². The summed E-state index contributed by atoms with van der Waals surface area (Å²) in [4.78, 5) is 11.9. The van der Waals surface area contributed by atoms with Crippen molar-refractivity contribution in [3.05, 3.63) is 0 Å². The van der Waals surface area contributed by atoms with Crippen LogP contribution in [0.3, 0.4) is 0 Å². The Morgan fingerprint density at radius 3 is 2.17 bits per heavy atom. The highest BCUT2D eigenvalue weighted by Gasteiger charge is 2.40. The SMILES string of the molecule is CCCCCC(O[Si](C)(C)C)C(C)(C)C(=O)OC. The highest BCUT2D eigenvalue weighted by Crippen LogP contribution is 2.31. The molecule has 18 heavy (non-hydrogen) atoms. The van der Waals surface area contributed by atoms with Crippen molar-refractivity contribution in [2.24, 2.45) is 5.41 Å². The lowest BCUT2D eigenvalue weighted by molar-refractivity contribution is -0.156. The third-order valence-corrected chi connectivity index (χ3v) is 4.07. The van der Waals surface area contributed by atoms with Gasteiger partial charge in [0.25, 0.3) is 0 Å². The van der Waals surface area contributed by atoms with Gasteiger partial charge in [0.1, 0.15) is 0 Å². The first-order valence-electron chi connectivity index (χ1n) is 6.91. The van der Waals surface area contributed by atoms with Crippen molar-refractivity contribution in [2.75, 3.05) is 7.11 Å². The van der Waals surface area contributed by atoms with E-state index in [-0.39, 0.29) is 12.1 Å². The molecule has 108 valence electrons. The highest BCUT2D eigenvalue weighted by molar-refractivity contribution is 6.69. The maximum absolute atomic E-state index is 11.9. The second-order valence-electron chi connectivity index (χ2n) is 6.43. The second-order valence-corrected chi connectivity index (χ2v) is 10.9. The van der Waals surface area contributed by atoms with Crippen LogP contribution in [0.5, 0.6) is 0 Å². The molecule has 0 bridgehead atoms. The Hall–Kier alpha value is -0.353. The summed E-state index contributed by atoms with van der Waals surface area (Å²) < 4.78 is 11.1. The zero-order chi connectivity index (χ0) is 14.4. The van der Waals surface area contributed by atoms with Gasteiger partial charge in [0.15, 0.2) is 8.32 Å². The molecule has 0 aromatic rings. The fourth-order valence-electron chi connectivity index (χ4n) is 1.97. The van der Waals surface area contributed by atoms with Crippen LogP contribution in [0.2, 0.25) is 19.6 Å². The Kier molecular flexibility index (Phi) is 7.15. The summed E-state index contributed by atoms with van der Waals surface area (Å²) >= 11 is 0. The molecule has 0 aliphatic heterocycles. The lowest BCUT2D eigenvalue weighted by Crippen LogP contribution is -2.45. The number of methoxy groups -OCH3 is 1. The van der Waals surface area contributed by atoms with Crippen molar-refractivity contribution in [2.45, 2.75) is 72.2 Å². The van der Waals surface area contributed by atoms with Gasteiger partial charge >= 0.3 is 5.97 Å². The largest absolute Gasteiger partial charge is 0.469 e. The molecular weight excluding hydrogens is 244 g/mol. The van der Waals surface area contributed by atoms with Crippen molar-refractivity contribution < 1.29 is 14.0 Å². The molecule has 0 spiro atoms. The van der Waals surface area contributed by atoms with Crippen molar-refractivity contribution in [1.82, 2.24) is 0 Å². The molecule has 0 saturated heterocycles. The van der Waals surface area contributed by atoms with Gasteiger partial charge in [-0.05, 0) is 39.9 Å². The van der Waals surface area contributed by atoms with Gasteiger partial charge in [0.2, 0.25) is 0 Å². The molecule has 0 saturated carbocycles. The standard InChI is InChI=1S/C14H30O3Si/c1-8-9-10-11-12(17-18(5,6)7)14(2,3)13(15)16-4/h12H,8-11H2,1-7H3. The third-order valence-electron chi connectivity index (χ3n) is 3.08. The van der Waals surface area contributed by atoms with E-state index in [0.717, 1.165) is 12.8 Å². The average molecular weight is 274 g/mol. The molecule has 0 amide bonds. The predicted octanol–water partition coefficient (Wildman–Crippen LogP) is 3.99. The number of hydrogen-bond donors (Lipinski definition) is 0. The number of carbonyl (C=O) groups is 1. The van der Waals surface area contributed by atoms with Gasteiger partial charge in [0.05, 0.1) is 18.6 Å². The minimum absolute atomic E-state index is 0.0387. The van der Waals surface area contributed by atoms with Crippen molar-refractivity contribution in [3.63, 3.8) is 0 Å². The fraction of sp³-hybridized carbons (Fsp3) is 0.929. The molecule has 0 aromatic carbocycles. The van der Waals surface area contributed by atoms with Crippen LogP contribution < -0.4 is 0 Å². The van der Waals surface area contributed by atoms with Gasteiger partial charge in [0, 0.05) is 0 Å². The molecule has 0 rings (SSSR count). The van der Waals surface area contributed by atoms with E-state index in [9.17, 15) is 4.79 Å². The van der Waals surface area contributed by atoms with Crippen LogP contribution in [0.4, 0.5) is 0 Å². The fourth-order valence-corrected chi connectivity index (χ4v) is 3.23. The first kappa shape index (κ1) is 17.6. The van der Waals surface area contributed by atoms with E-state index in [1.54, 1.807) is 0 Å². The van der Waals surface area contributed by atoms with E-state index < -0.39 is 13.7 Å². The van der Waals surface area contributed by atoms with E-state index >= 15 is 0 Å². The molecule has 0 radical (unpaired) electrons. The van der Waals surface area contributed by atoms with Crippen LogP contribution in [0, 0.1) is 5.41 Å². The first-order valence-corrected chi connectivity index (χ1v) is 10.3. The molecule has 0 heterocycles. The summed E-state index contributed by atoms with van der Waals surface area (Å²) in [6.07, 6.45) is 4.36. The lowest BCUT2D eigenvalue weighted by Gasteiger charge is -2.36. The van der Waals surface area contributed by atoms with E-state index in [2.05, 4.69) is 26.6 Å². The van der Waals surface area contributed by atoms with Crippen molar-refractivity contribution >= 4 is 14.3 Å². The van der Waals surface area contributed by atoms with Gasteiger partial charge in [-0.15, -0.1) is 0 Å². The minimum Gasteiger partial charge on any atom is -0.469 e. The number of unbranched alkanes of at least 4 members (excludes halogenated alkanes) is 2. The minimum atomic E-state index is -1.66.